The minimum absolute atomic E-state index is 0.108. The van der Waals surface area contributed by atoms with Gasteiger partial charge in [-0.2, -0.15) is 0 Å². The van der Waals surface area contributed by atoms with E-state index in [1.165, 1.54) is 5.56 Å². The van der Waals surface area contributed by atoms with Crippen LogP contribution < -0.4 is 0 Å². The Morgan fingerprint density at radius 1 is 1.25 bits per heavy atom. The smallest absolute Gasteiger partial charge is 0.410 e. The number of hydrogen-bond acceptors (Lipinski definition) is 3. The summed E-state index contributed by atoms with van der Waals surface area (Å²) in [5.41, 5.74) is 1.80. The molecule has 3 rings (SSSR count). The zero-order valence-electron chi connectivity index (χ0n) is 14.7. The lowest BCUT2D eigenvalue weighted by Gasteiger charge is -2.38. The van der Waals surface area contributed by atoms with Crippen LogP contribution in [0.2, 0.25) is 0 Å². The third-order valence-corrected chi connectivity index (χ3v) is 5.03. The fourth-order valence-electron chi connectivity index (χ4n) is 3.62. The van der Waals surface area contributed by atoms with E-state index >= 15 is 0 Å². The highest BCUT2D eigenvalue weighted by Crippen LogP contribution is 2.31. The fraction of sp³-hybridized carbons (Fsp3) is 0.579. The van der Waals surface area contributed by atoms with Crippen LogP contribution in [-0.4, -0.2) is 54.1 Å². The third kappa shape index (κ3) is 3.40. The van der Waals surface area contributed by atoms with E-state index in [2.05, 4.69) is 26.0 Å². The molecule has 1 aromatic carbocycles. The number of likely N-dealkylation sites (tertiary alicyclic amines) is 1. The molecule has 0 radical (unpaired) electrons. The Kier molecular flexibility index (Phi) is 4.52. The van der Waals surface area contributed by atoms with Crippen molar-refractivity contribution < 1.29 is 14.3 Å². The molecule has 24 heavy (non-hydrogen) atoms. The lowest BCUT2D eigenvalue weighted by Crippen LogP contribution is -2.52. The number of ether oxygens (including phenoxy) is 1. The van der Waals surface area contributed by atoms with Crippen LogP contribution in [0.5, 0.6) is 0 Å². The molecule has 1 spiro atoms. The normalized spacial score (nSPS) is 23.9. The van der Waals surface area contributed by atoms with Crippen molar-refractivity contribution in [2.45, 2.75) is 44.6 Å². The van der Waals surface area contributed by atoms with Gasteiger partial charge < -0.3 is 14.5 Å². The van der Waals surface area contributed by atoms with Crippen LogP contribution in [0.15, 0.2) is 24.3 Å². The summed E-state index contributed by atoms with van der Waals surface area (Å²) in [4.78, 5) is 27.8. The number of nitrogens with zero attached hydrogens (tertiary/aromatic N) is 2. The molecule has 1 unspecified atom stereocenters. The van der Waals surface area contributed by atoms with Crippen molar-refractivity contribution in [2.75, 3.05) is 26.7 Å². The molecule has 2 saturated heterocycles. The topological polar surface area (TPSA) is 49.9 Å². The number of carbonyl (C=O) groups excluding carboxylic acids is 2. The number of hydrogen-bond donors (Lipinski definition) is 0. The lowest BCUT2D eigenvalue weighted by molar-refractivity contribution is -0.136. The highest BCUT2D eigenvalue weighted by atomic mass is 16.6. The Balaban J connectivity index is 1.63. The van der Waals surface area contributed by atoms with Gasteiger partial charge in [0.25, 0.3) is 0 Å². The molecule has 2 heterocycles. The van der Waals surface area contributed by atoms with Crippen molar-refractivity contribution in [2.24, 2.45) is 0 Å². The van der Waals surface area contributed by atoms with E-state index in [-0.39, 0.29) is 12.0 Å². The van der Waals surface area contributed by atoms with Crippen LogP contribution >= 0.6 is 0 Å². The Morgan fingerprint density at radius 3 is 2.54 bits per heavy atom. The maximum atomic E-state index is 12.7. The van der Waals surface area contributed by atoms with Gasteiger partial charge in [-0.05, 0) is 29.9 Å². The largest absolute Gasteiger partial charge is 0.439 e. The minimum Gasteiger partial charge on any atom is -0.439 e. The summed E-state index contributed by atoms with van der Waals surface area (Å²) >= 11 is 0. The zero-order valence-corrected chi connectivity index (χ0v) is 14.7. The molecule has 2 aliphatic rings. The first-order valence-corrected chi connectivity index (χ1v) is 8.69. The van der Waals surface area contributed by atoms with Crippen LogP contribution in [0.4, 0.5) is 4.79 Å². The molecule has 2 amide bonds. The van der Waals surface area contributed by atoms with Gasteiger partial charge in [-0.3, -0.25) is 4.79 Å². The Morgan fingerprint density at radius 2 is 1.96 bits per heavy atom. The summed E-state index contributed by atoms with van der Waals surface area (Å²) in [6, 6.07) is 8.27. The maximum absolute atomic E-state index is 12.7. The number of carbonyl (C=O) groups is 2. The van der Waals surface area contributed by atoms with Gasteiger partial charge in [-0.15, -0.1) is 0 Å². The predicted octanol–water partition coefficient (Wildman–Crippen LogP) is 2.80. The van der Waals surface area contributed by atoms with Gasteiger partial charge in [0.2, 0.25) is 5.91 Å². The van der Waals surface area contributed by atoms with Crippen molar-refractivity contribution in [1.82, 2.24) is 9.80 Å². The van der Waals surface area contributed by atoms with E-state index in [1.807, 2.05) is 17.0 Å². The van der Waals surface area contributed by atoms with Crippen molar-refractivity contribution in [3.8, 4) is 0 Å². The second kappa shape index (κ2) is 6.46. The summed E-state index contributed by atoms with van der Waals surface area (Å²) < 4.78 is 5.57. The van der Waals surface area contributed by atoms with Crippen molar-refractivity contribution in [1.29, 1.82) is 0 Å². The lowest BCUT2D eigenvalue weighted by atomic mass is 9.92. The minimum atomic E-state index is -0.513. The predicted molar refractivity (Wildman–Crippen MR) is 91.9 cm³/mol. The first-order valence-electron chi connectivity index (χ1n) is 8.69. The van der Waals surface area contributed by atoms with E-state index in [0.29, 0.717) is 25.4 Å². The summed E-state index contributed by atoms with van der Waals surface area (Å²) in [6.45, 7) is 6.14. The molecular formula is C19H26N2O3. The van der Waals surface area contributed by atoms with Crippen molar-refractivity contribution in [3.05, 3.63) is 35.4 Å². The number of benzene rings is 1. The molecule has 0 saturated carbocycles. The molecule has 2 aliphatic heterocycles. The summed E-state index contributed by atoms with van der Waals surface area (Å²) in [5.74, 6) is 0.600. The highest BCUT2D eigenvalue weighted by molar-refractivity contribution is 5.79. The highest BCUT2D eigenvalue weighted by Gasteiger charge is 2.47. The van der Waals surface area contributed by atoms with E-state index in [0.717, 1.165) is 24.9 Å². The molecule has 0 N–H and O–H groups in total. The first kappa shape index (κ1) is 16.8. The van der Waals surface area contributed by atoms with Gasteiger partial charge in [0.15, 0.2) is 0 Å². The molecule has 1 atom stereocenters. The summed E-state index contributed by atoms with van der Waals surface area (Å²) in [6.07, 6.45) is 1.82. The van der Waals surface area contributed by atoms with Crippen molar-refractivity contribution >= 4 is 12.0 Å². The molecule has 2 fully saturated rings. The molecule has 0 bridgehead atoms. The number of likely N-dealkylation sites (N-methyl/N-ethyl adjacent to an activating group) is 1. The van der Waals surface area contributed by atoms with Crippen LogP contribution in [0, 0.1) is 0 Å². The average molecular weight is 330 g/mol. The molecule has 0 aromatic heterocycles. The third-order valence-electron chi connectivity index (χ3n) is 5.03. The average Bonchev–Trinajstić information content (AvgIpc) is 2.81. The Bertz CT molecular complexity index is 626. The summed E-state index contributed by atoms with van der Waals surface area (Å²) in [7, 11) is 1.74. The quantitative estimate of drug-likeness (QED) is 0.856. The SMILES string of the molecule is CC(C)c1ccc(CC(=O)N2CCCC3(CN(C)C(=O)O3)C2)cc1. The van der Waals surface area contributed by atoms with Crippen LogP contribution in [0.1, 0.15) is 43.7 Å². The molecule has 5 heteroatoms. The van der Waals surface area contributed by atoms with E-state index < -0.39 is 5.60 Å². The van der Waals surface area contributed by atoms with Gasteiger partial charge in [0.1, 0.15) is 5.60 Å². The Hall–Kier alpha value is -2.04. The number of piperidine rings is 1. The second-order valence-corrected chi connectivity index (χ2v) is 7.40. The molecule has 130 valence electrons. The molecule has 5 nitrogen and oxygen atoms in total. The summed E-state index contributed by atoms with van der Waals surface area (Å²) in [5, 5.41) is 0. The second-order valence-electron chi connectivity index (χ2n) is 7.40. The van der Waals surface area contributed by atoms with E-state index in [9.17, 15) is 9.59 Å². The molecule has 0 aliphatic carbocycles. The molecular weight excluding hydrogens is 304 g/mol. The standard InChI is InChI=1S/C19H26N2O3/c1-14(2)16-7-5-15(6-8-16)11-17(22)21-10-4-9-19(13-21)12-20(3)18(23)24-19/h5-8,14H,4,9-13H2,1-3H3. The van der Waals surface area contributed by atoms with Gasteiger partial charge in [0, 0.05) is 13.6 Å². The van der Waals surface area contributed by atoms with E-state index in [4.69, 9.17) is 4.74 Å². The fourth-order valence-corrected chi connectivity index (χ4v) is 3.62. The number of amides is 2. The van der Waals surface area contributed by atoms with Crippen LogP contribution in [0.3, 0.4) is 0 Å². The van der Waals surface area contributed by atoms with Gasteiger partial charge in [-0.25, -0.2) is 4.79 Å². The van der Waals surface area contributed by atoms with Crippen LogP contribution in [-0.2, 0) is 16.0 Å². The van der Waals surface area contributed by atoms with E-state index in [1.54, 1.807) is 11.9 Å². The van der Waals surface area contributed by atoms with Gasteiger partial charge >= 0.3 is 6.09 Å². The first-order chi connectivity index (χ1) is 11.4. The van der Waals surface area contributed by atoms with Gasteiger partial charge in [-0.1, -0.05) is 38.1 Å². The zero-order chi connectivity index (χ0) is 17.3. The monoisotopic (exact) mass is 330 g/mol. The van der Waals surface area contributed by atoms with Gasteiger partial charge in [0.05, 0.1) is 19.5 Å². The number of rotatable bonds is 3. The maximum Gasteiger partial charge on any atom is 0.410 e. The van der Waals surface area contributed by atoms with Crippen LogP contribution in [0.25, 0.3) is 0 Å². The Labute approximate surface area is 143 Å². The molecule has 1 aromatic rings. The van der Waals surface area contributed by atoms with Crippen molar-refractivity contribution in [3.63, 3.8) is 0 Å².